The summed E-state index contributed by atoms with van der Waals surface area (Å²) in [7, 11) is 0. The van der Waals surface area contributed by atoms with Crippen LogP contribution in [-0.4, -0.2) is 28.8 Å². The lowest BCUT2D eigenvalue weighted by molar-refractivity contribution is 0.0734. The summed E-state index contributed by atoms with van der Waals surface area (Å²) in [6.07, 6.45) is 11.7. The molecule has 0 aliphatic heterocycles. The second-order valence-corrected chi connectivity index (χ2v) is 10.2. The van der Waals surface area contributed by atoms with E-state index in [1.165, 1.54) is 36.1 Å². The van der Waals surface area contributed by atoms with Crippen molar-refractivity contribution < 1.29 is 9.59 Å². The number of aryl methyl sites for hydroxylation is 2. The smallest absolute Gasteiger partial charge is 0.264 e. The zero-order chi connectivity index (χ0) is 20.5. The van der Waals surface area contributed by atoms with E-state index in [4.69, 9.17) is 0 Å². The highest BCUT2D eigenvalue weighted by molar-refractivity contribution is 7.14. The highest BCUT2D eigenvalue weighted by atomic mass is 32.1. The van der Waals surface area contributed by atoms with Crippen molar-refractivity contribution in [3.8, 4) is 0 Å². The molecule has 30 heavy (non-hydrogen) atoms. The number of nitrogens with one attached hydrogen (secondary N) is 1. The molecule has 0 atom stereocenters. The number of amides is 2. The molecule has 0 spiro atoms. The van der Waals surface area contributed by atoms with Crippen molar-refractivity contribution in [1.82, 2.24) is 10.2 Å². The number of hydrogen-bond acceptors (Lipinski definition) is 3. The maximum absolute atomic E-state index is 13.4. The normalized spacial score (nSPS) is 18.8. The molecule has 0 radical (unpaired) electrons. The first kappa shape index (κ1) is 19.8. The summed E-state index contributed by atoms with van der Waals surface area (Å²) in [6, 6.07) is 10.7. The van der Waals surface area contributed by atoms with Gasteiger partial charge in [0.05, 0.1) is 4.88 Å². The minimum Gasteiger partial charge on any atom is -0.349 e. The average molecular weight is 423 g/mol. The molecule has 2 amide bonds. The van der Waals surface area contributed by atoms with Gasteiger partial charge in [0, 0.05) is 29.1 Å². The summed E-state index contributed by atoms with van der Waals surface area (Å²) in [5.41, 5.74) is 3.20. The van der Waals surface area contributed by atoms with Gasteiger partial charge < -0.3 is 10.2 Å². The summed E-state index contributed by atoms with van der Waals surface area (Å²) in [4.78, 5) is 30.0. The van der Waals surface area contributed by atoms with E-state index in [0.29, 0.717) is 24.2 Å². The molecule has 1 aromatic carbocycles. The molecule has 3 aliphatic carbocycles. The number of hydrogen-bond donors (Lipinski definition) is 1. The van der Waals surface area contributed by atoms with Crippen LogP contribution in [0.1, 0.15) is 87.4 Å². The number of nitrogens with zero attached hydrogens (tertiary/aromatic N) is 1. The second kappa shape index (κ2) is 8.54. The van der Waals surface area contributed by atoms with Crippen LogP contribution in [0.2, 0.25) is 0 Å². The predicted molar refractivity (Wildman–Crippen MR) is 120 cm³/mol. The van der Waals surface area contributed by atoms with Crippen LogP contribution in [0.3, 0.4) is 0 Å². The Morgan fingerprint density at radius 2 is 1.70 bits per heavy atom. The summed E-state index contributed by atoms with van der Waals surface area (Å²) in [5.74, 6) is 0.194. The predicted octanol–water partition coefficient (Wildman–Crippen LogP) is 5.10. The van der Waals surface area contributed by atoms with Crippen molar-refractivity contribution in [1.29, 1.82) is 0 Å². The van der Waals surface area contributed by atoms with Gasteiger partial charge in [-0.2, -0.15) is 0 Å². The van der Waals surface area contributed by atoms with E-state index in [2.05, 4.69) is 16.3 Å². The molecular formula is C25H30N2O2S. The van der Waals surface area contributed by atoms with Gasteiger partial charge in [-0.3, -0.25) is 9.59 Å². The lowest BCUT2D eigenvalue weighted by Crippen LogP contribution is -2.32. The monoisotopic (exact) mass is 422 g/mol. The van der Waals surface area contributed by atoms with E-state index in [-0.39, 0.29) is 11.8 Å². The summed E-state index contributed by atoms with van der Waals surface area (Å²) in [5, 5.41) is 3.03. The molecule has 0 saturated heterocycles. The zero-order valence-electron chi connectivity index (χ0n) is 17.5. The lowest BCUT2D eigenvalue weighted by atomic mass is 10.00. The van der Waals surface area contributed by atoms with Crippen LogP contribution in [0.5, 0.6) is 0 Å². The molecule has 0 unspecified atom stereocenters. The van der Waals surface area contributed by atoms with Gasteiger partial charge in [-0.25, -0.2) is 0 Å². The van der Waals surface area contributed by atoms with Crippen molar-refractivity contribution in [2.45, 2.75) is 82.8 Å². The highest BCUT2D eigenvalue weighted by Crippen LogP contribution is 2.34. The van der Waals surface area contributed by atoms with Crippen LogP contribution in [0, 0.1) is 0 Å². The number of carbonyl (C=O) groups excluding carboxylic acids is 2. The Hall–Kier alpha value is -2.14. The van der Waals surface area contributed by atoms with Gasteiger partial charge in [-0.15, -0.1) is 11.3 Å². The van der Waals surface area contributed by atoms with Gasteiger partial charge in [0.2, 0.25) is 0 Å². The molecular weight excluding hydrogens is 392 g/mol. The Morgan fingerprint density at radius 3 is 2.40 bits per heavy atom. The first-order valence-electron chi connectivity index (χ1n) is 11.5. The third kappa shape index (κ3) is 4.61. The first-order chi connectivity index (χ1) is 14.7. The van der Waals surface area contributed by atoms with Crippen LogP contribution in [0.25, 0.3) is 0 Å². The van der Waals surface area contributed by atoms with Gasteiger partial charge in [-0.05, 0) is 80.7 Å². The molecule has 5 rings (SSSR count). The Kier molecular flexibility index (Phi) is 5.64. The quantitative estimate of drug-likeness (QED) is 0.704. The van der Waals surface area contributed by atoms with Crippen molar-refractivity contribution in [3.05, 3.63) is 56.8 Å². The van der Waals surface area contributed by atoms with Crippen LogP contribution >= 0.6 is 11.3 Å². The van der Waals surface area contributed by atoms with Gasteiger partial charge >= 0.3 is 0 Å². The Morgan fingerprint density at radius 1 is 0.967 bits per heavy atom. The largest absolute Gasteiger partial charge is 0.349 e. The molecule has 4 nitrogen and oxygen atoms in total. The lowest BCUT2D eigenvalue weighted by Gasteiger charge is -2.22. The molecule has 0 bridgehead atoms. The summed E-state index contributed by atoms with van der Waals surface area (Å²) in [6.45, 7) is 0.622. The van der Waals surface area contributed by atoms with Crippen LogP contribution in [-0.2, 0) is 19.4 Å². The Bertz CT molecular complexity index is 900. The molecule has 1 aromatic heterocycles. The highest BCUT2D eigenvalue weighted by Gasteiger charge is 2.34. The first-order valence-corrected chi connectivity index (χ1v) is 12.3. The summed E-state index contributed by atoms with van der Waals surface area (Å²) < 4.78 is 0. The number of fused-ring (bicyclic) bond motifs is 1. The van der Waals surface area contributed by atoms with Gasteiger partial charge in [0.1, 0.15) is 0 Å². The molecule has 2 aromatic rings. The molecule has 2 fully saturated rings. The van der Waals surface area contributed by atoms with Gasteiger partial charge in [0.25, 0.3) is 11.8 Å². The maximum Gasteiger partial charge on any atom is 0.264 e. The SMILES string of the molecule is O=C(NC1CC1)c1ccc(CN(C(=O)c2cc3c(s2)CCCCCC3)C2CC2)cc1. The topological polar surface area (TPSA) is 49.4 Å². The van der Waals surface area contributed by atoms with Gasteiger partial charge in [0.15, 0.2) is 0 Å². The Labute approximate surface area is 182 Å². The average Bonchev–Trinajstić information content (AvgIpc) is 3.66. The number of rotatable bonds is 6. The zero-order valence-corrected chi connectivity index (χ0v) is 18.3. The number of carbonyl (C=O) groups is 2. The van der Waals surface area contributed by atoms with E-state index in [1.807, 2.05) is 24.3 Å². The molecule has 1 N–H and O–H groups in total. The maximum atomic E-state index is 13.4. The van der Waals surface area contributed by atoms with E-state index < -0.39 is 0 Å². The van der Waals surface area contributed by atoms with Crippen molar-refractivity contribution in [3.63, 3.8) is 0 Å². The van der Waals surface area contributed by atoms with Crippen molar-refractivity contribution >= 4 is 23.2 Å². The number of thiophene rings is 1. The second-order valence-electron chi connectivity index (χ2n) is 9.08. The third-order valence-electron chi connectivity index (χ3n) is 6.44. The fraction of sp³-hybridized carbons (Fsp3) is 0.520. The Balaban J connectivity index is 1.29. The summed E-state index contributed by atoms with van der Waals surface area (Å²) >= 11 is 1.72. The molecule has 158 valence electrons. The number of benzene rings is 1. The minimum atomic E-state index is 0.00942. The fourth-order valence-electron chi connectivity index (χ4n) is 4.30. The fourth-order valence-corrected chi connectivity index (χ4v) is 5.51. The van der Waals surface area contributed by atoms with Crippen molar-refractivity contribution in [2.24, 2.45) is 0 Å². The van der Waals surface area contributed by atoms with Crippen LogP contribution in [0.15, 0.2) is 30.3 Å². The van der Waals surface area contributed by atoms with Crippen LogP contribution < -0.4 is 5.32 Å². The van der Waals surface area contributed by atoms with Crippen LogP contribution in [0.4, 0.5) is 0 Å². The van der Waals surface area contributed by atoms with Crippen molar-refractivity contribution in [2.75, 3.05) is 0 Å². The third-order valence-corrected chi connectivity index (χ3v) is 7.66. The molecule has 1 heterocycles. The standard InChI is InChI=1S/C25H30N2O2S/c28-24(26-20-11-12-20)18-9-7-17(8-10-18)16-27(21-13-14-21)25(29)23-15-19-5-3-1-2-4-6-22(19)30-23/h7-10,15,20-21H,1-6,11-14,16H2,(H,26,28). The van der Waals surface area contributed by atoms with E-state index in [1.54, 1.807) is 11.3 Å². The minimum absolute atomic E-state index is 0.00942. The van der Waals surface area contributed by atoms with Gasteiger partial charge in [-0.1, -0.05) is 25.0 Å². The van der Waals surface area contributed by atoms with E-state index >= 15 is 0 Å². The molecule has 3 aliphatic rings. The molecule has 5 heteroatoms. The molecule has 2 saturated carbocycles. The van der Waals surface area contributed by atoms with E-state index in [0.717, 1.165) is 49.0 Å². The van der Waals surface area contributed by atoms with E-state index in [9.17, 15) is 9.59 Å².